The lowest BCUT2D eigenvalue weighted by atomic mass is 9.83. The molecule has 1 aliphatic heterocycles. The maximum atomic E-state index is 7.84. The number of H-pyrrole nitrogens is 1. The molecule has 2 heterocycles. The van der Waals surface area contributed by atoms with Gasteiger partial charge in [0.2, 0.25) is 0 Å². The van der Waals surface area contributed by atoms with Crippen molar-refractivity contribution in [1.29, 1.82) is 0 Å². The summed E-state index contributed by atoms with van der Waals surface area (Å²) < 4.78 is 20.1. The van der Waals surface area contributed by atoms with E-state index in [1.165, 1.54) is 5.09 Å². The van der Waals surface area contributed by atoms with Gasteiger partial charge in [-0.05, 0) is 63.7 Å². The highest BCUT2D eigenvalue weighted by Gasteiger charge is 2.32. The number of hydrogen-bond donors (Lipinski definition) is 2. The molecule has 4 rings (SSSR count). The minimum Gasteiger partial charge on any atom is -0.490 e. The largest absolute Gasteiger partial charge is 0.490 e. The van der Waals surface area contributed by atoms with E-state index in [4.69, 9.17) is 10.9 Å². The van der Waals surface area contributed by atoms with Crippen molar-refractivity contribution in [3.63, 3.8) is 0 Å². The van der Waals surface area contributed by atoms with Crippen molar-refractivity contribution >= 4 is 10.9 Å². The monoisotopic (exact) mass is 316 g/mol. The van der Waals surface area contributed by atoms with Crippen molar-refractivity contribution in [3.8, 4) is 5.75 Å². The molecule has 1 saturated heterocycles. The molecule has 23 heavy (non-hydrogen) atoms. The van der Waals surface area contributed by atoms with Crippen molar-refractivity contribution in [2.75, 3.05) is 19.7 Å². The van der Waals surface area contributed by atoms with Crippen LogP contribution in [0.1, 0.15) is 31.4 Å². The Morgan fingerprint density at radius 1 is 1.26 bits per heavy atom. The second-order valence-corrected chi connectivity index (χ2v) is 6.80. The number of benzene rings is 1. The standard InChI is InChI=1S/C18H25N3O2/c1-12-18-16(21-20-12)3-2-4-17(18)23-15-9-13(10-15)11-22-14-5-7-19-8-6-14/h2-4,13-15,19H,5-11H2,1H3,(H,20,21)/i/hD. The summed E-state index contributed by atoms with van der Waals surface area (Å²) in [5, 5.41) is 9.68. The van der Waals surface area contributed by atoms with Crippen molar-refractivity contribution in [2.24, 2.45) is 5.92 Å². The SMILES string of the molecule is [2H]n1nc(C)c2c(OC3CC(COC4CCNCC4)C3)cccc21. The molecule has 1 saturated carbocycles. The van der Waals surface area contributed by atoms with Crippen molar-refractivity contribution in [2.45, 2.75) is 44.8 Å². The Balaban J connectivity index is 1.30. The lowest BCUT2D eigenvalue weighted by Gasteiger charge is -2.36. The summed E-state index contributed by atoms with van der Waals surface area (Å²) in [6, 6.07) is 5.82. The highest BCUT2D eigenvalue weighted by Crippen LogP contribution is 2.35. The average Bonchev–Trinajstić information content (AvgIpc) is 2.86. The van der Waals surface area contributed by atoms with Gasteiger partial charge < -0.3 is 14.8 Å². The Kier molecular flexibility index (Phi) is 3.90. The average molecular weight is 316 g/mol. The quantitative estimate of drug-likeness (QED) is 0.890. The van der Waals surface area contributed by atoms with E-state index in [2.05, 4.69) is 10.4 Å². The molecule has 0 unspecified atom stereocenters. The first kappa shape index (κ1) is 13.8. The van der Waals surface area contributed by atoms with Gasteiger partial charge in [0.05, 0.1) is 35.4 Å². The molecule has 1 aromatic heterocycles. The topological polar surface area (TPSA) is 59.2 Å². The fraction of sp³-hybridized carbons (Fsp3) is 0.611. The van der Waals surface area contributed by atoms with Crippen LogP contribution in [0, 0.1) is 12.8 Å². The zero-order chi connectivity index (χ0) is 16.5. The zero-order valence-electron chi connectivity index (χ0n) is 14.6. The summed E-state index contributed by atoms with van der Waals surface area (Å²) in [6.07, 6.45) is 5.05. The van der Waals surface area contributed by atoms with Crippen LogP contribution in [0.3, 0.4) is 0 Å². The fourth-order valence-corrected chi connectivity index (χ4v) is 3.56. The Morgan fingerprint density at radius 3 is 2.91 bits per heavy atom. The van der Waals surface area contributed by atoms with Crippen molar-refractivity contribution < 1.29 is 10.9 Å². The van der Waals surface area contributed by atoms with E-state index < -0.39 is 0 Å². The normalized spacial score (nSPS) is 26.0. The van der Waals surface area contributed by atoms with Gasteiger partial charge in [0.25, 0.3) is 0 Å². The Morgan fingerprint density at radius 2 is 2.09 bits per heavy atom. The number of nitrogens with one attached hydrogen (secondary N) is 2. The third kappa shape index (κ3) is 3.21. The first-order valence-corrected chi connectivity index (χ1v) is 8.67. The van der Waals surface area contributed by atoms with E-state index in [0.29, 0.717) is 12.0 Å². The predicted molar refractivity (Wildman–Crippen MR) is 89.8 cm³/mol. The molecule has 5 heteroatoms. The second-order valence-electron chi connectivity index (χ2n) is 6.80. The highest BCUT2D eigenvalue weighted by atomic mass is 16.5. The zero-order valence-corrected chi connectivity index (χ0v) is 13.6. The molecule has 5 nitrogen and oxygen atoms in total. The molecule has 2 N–H and O–H groups in total. The maximum absolute atomic E-state index is 7.84. The van der Waals surface area contributed by atoms with Crippen LogP contribution in [0.15, 0.2) is 18.2 Å². The number of aromatic amines is 1. The molecule has 0 atom stereocenters. The van der Waals surface area contributed by atoms with E-state index in [1.807, 2.05) is 25.1 Å². The highest BCUT2D eigenvalue weighted by molar-refractivity contribution is 5.87. The number of ether oxygens (including phenoxy) is 2. The third-order valence-electron chi connectivity index (χ3n) is 5.01. The van der Waals surface area contributed by atoms with E-state index in [1.54, 1.807) is 0 Å². The van der Waals surface area contributed by atoms with E-state index in [-0.39, 0.29) is 6.10 Å². The Hall–Kier alpha value is -1.59. The van der Waals surface area contributed by atoms with Crippen molar-refractivity contribution in [1.82, 2.24) is 15.5 Å². The predicted octanol–water partition coefficient (Wildman–Crippen LogP) is 2.80. The summed E-state index contributed by atoms with van der Waals surface area (Å²) in [5.41, 5.74) is 1.65. The maximum Gasteiger partial charge on any atom is 0.190 e. The van der Waals surface area contributed by atoms with Crippen LogP contribution in [0.5, 0.6) is 5.75 Å². The van der Waals surface area contributed by atoms with E-state index in [9.17, 15) is 0 Å². The number of nitrogens with zero attached hydrogens (tertiary/aromatic N) is 1. The molecule has 0 amide bonds. The molecule has 2 fully saturated rings. The lowest BCUT2D eigenvalue weighted by molar-refractivity contribution is -0.0361. The minimum absolute atomic E-state index is 0.255. The van der Waals surface area contributed by atoms with Gasteiger partial charge in [-0.3, -0.25) is 5.09 Å². The van der Waals surface area contributed by atoms with Crippen LogP contribution < -0.4 is 10.1 Å². The van der Waals surface area contributed by atoms with Crippen LogP contribution in [-0.2, 0) is 4.74 Å². The van der Waals surface area contributed by atoms with Gasteiger partial charge in [0.1, 0.15) is 5.75 Å². The van der Waals surface area contributed by atoms with Gasteiger partial charge in [0, 0.05) is 0 Å². The summed E-state index contributed by atoms with van der Waals surface area (Å²) in [5.74, 6) is 1.47. The molecular formula is C18H25N3O2. The summed E-state index contributed by atoms with van der Waals surface area (Å²) in [7, 11) is 0. The van der Waals surface area contributed by atoms with Crippen LogP contribution in [0.25, 0.3) is 10.9 Å². The van der Waals surface area contributed by atoms with Crippen LogP contribution in [-0.4, -0.2) is 42.1 Å². The van der Waals surface area contributed by atoms with E-state index >= 15 is 0 Å². The smallest absolute Gasteiger partial charge is 0.190 e. The van der Waals surface area contributed by atoms with Crippen LogP contribution in [0.4, 0.5) is 0 Å². The lowest BCUT2D eigenvalue weighted by Crippen LogP contribution is -2.39. The number of fused-ring (bicyclic) bond motifs is 1. The molecule has 0 bridgehead atoms. The first-order chi connectivity index (χ1) is 11.7. The van der Waals surface area contributed by atoms with Gasteiger partial charge in [-0.25, -0.2) is 0 Å². The first-order valence-electron chi connectivity index (χ1n) is 9.12. The van der Waals surface area contributed by atoms with Gasteiger partial charge in [-0.15, -0.1) is 0 Å². The van der Waals surface area contributed by atoms with Crippen molar-refractivity contribution in [3.05, 3.63) is 23.9 Å². The van der Waals surface area contributed by atoms with Crippen LogP contribution >= 0.6 is 0 Å². The Bertz CT molecular complexity index is 706. The summed E-state index contributed by atoms with van der Waals surface area (Å²) >= 11 is 0. The molecule has 0 spiro atoms. The summed E-state index contributed by atoms with van der Waals surface area (Å²) in [6.45, 7) is 4.94. The molecule has 1 aromatic carbocycles. The van der Waals surface area contributed by atoms with Gasteiger partial charge in [0.15, 0.2) is 1.41 Å². The fourth-order valence-electron chi connectivity index (χ4n) is 3.56. The minimum atomic E-state index is 0.255. The second kappa shape index (κ2) is 6.49. The number of aryl methyl sites for hydroxylation is 1. The van der Waals surface area contributed by atoms with Gasteiger partial charge in [-0.1, -0.05) is 6.07 Å². The Labute approximate surface area is 138 Å². The molecule has 2 aliphatic rings. The molecule has 0 radical (unpaired) electrons. The van der Waals surface area contributed by atoms with Gasteiger partial charge in [-0.2, -0.15) is 5.10 Å². The molecule has 124 valence electrons. The number of rotatable bonds is 5. The molecular weight excluding hydrogens is 290 g/mol. The summed E-state index contributed by atoms with van der Waals surface area (Å²) in [4.78, 5) is 0. The van der Waals surface area contributed by atoms with Gasteiger partial charge >= 0.3 is 0 Å². The number of aromatic nitrogens is 2. The third-order valence-corrected chi connectivity index (χ3v) is 5.01. The van der Waals surface area contributed by atoms with Crippen LogP contribution in [0.2, 0.25) is 1.41 Å². The molecule has 2 aromatic rings. The number of piperidine rings is 1. The number of hydrogen-bond acceptors (Lipinski definition) is 4. The van der Waals surface area contributed by atoms with E-state index in [0.717, 1.165) is 67.7 Å². The molecule has 1 aliphatic carbocycles.